The van der Waals surface area contributed by atoms with Gasteiger partial charge in [-0.05, 0) is 41.8 Å². The van der Waals surface area contributed by atoms with Crippen LogP contribution in [0.4, 0.5) is 0 Å². The number of benzene rings is 1. The standard InChI is InChI=1S/C18H23N3OSi/c1-23(2,3)18(11-14-6-8-19-9-7-14)22-12-15-4-5-16-17(10-15)21-13-20-16/h4-10,13,18H,11-12H2,1-3H3,(H,20,21). The fourth-order valence-electron chi connectivity index (χ4n) is 2.61. The molecule has 0 fully saturated rings. The number of hydrogen-bond donors (Lipinski definition) is 1. The molecule has 0 amide bonds. The number of rotatable bonds is 6. The molecule has 0 spiro atoms. The summed E-state index contributed by atoms with van der Waals surface area (Å²) < 4.78 is 6.33. The van der Waals surface area contributed by atoms with Gasteiger partial charge in [0.25, 0.3) is 0 Å². The van der Waals surface area contributed by atoms with Crippen LogP contribution in [0.3, 0.4) is 0 Å². The van der Waals surface area contributed by atoms with E-state index >= 15 is 0 Å². The van der Waals surface area contributed by atoms with Gasteiger partial charge in [-0.15, -0.1) is 0 Å². The Hall–Kier alpha value is -1.98. The van der Waals surface area contributed by atoms with Gasteiger partial charge in [0.05, 0.1) is 37.8 Å². The van der Waals surface area contributed by atoms with Crippen LogP contribution in [0.15, 0.2) is 49.1 Å². The number of fused-ring (bicyclic) bond motifs is 1. The van der Waals surface area contributed by atoms with Crippen molar-refractivity contribution in [1.29, 1.82) is 0 Å². The summed E-state index contributed by atoms with van der Waals surface area (Å²) in [4.78, 5) is 11.5. The lowest BCUT2D eigenvalue weighted by atomic mass is 10.2. The van der Waals surface area contributed by atoms with E-state index in [2.05, 4.69) is 64.9 Å². The number of aromatic nitrogens is 3. The van der Waals surface area contributed by atoms with Crippen molar-refractivity contribution in [2.75, 3.05) is 0 Å². The highest BCUT2D eigenvalue weighted by atomic mass is 28.3. The minimum absolute atomic E-state index is 0.278. The molecule has 0 saturated carbocycles. The highest BCUT2D eigenvalue weighted by Crippen LogP contribution is 2.20. The number of ether oxygens (including phenoxy) is 1. The fourth-order valence-corrected chi connectivity index (χ4v) is 4.04. The van der Waals surface area contributed by atoms with Crippen LogP contribution in [0.25, 0.3) is 11.0 Å². The van der Waals surface area contributed by atoms with Crippen molar-refractivity contribution in [3.05, 3.63) is 60.2 Å². The summed E-state index contributed by atoms with van der Waals surface area (Å²) in [6.45, 7) is 7.70. The van der Waals surface area contributed by atoms with Crippen molar-refractivity contribution in [2.45, 2.75) is 38.4 Å². The fraction of sp³-hybridized carbons (Fsp3) is 0.333. The molecule has 0 saturated heterocycles. The molecule has 0 radical (unpaired) electrons. The molecular formula is C18H23N3OSi. The van der Waals surface area contributed by atoms with Gasteiger partial charge in [-0.25, -0.2) is 4.98 Å². The Morgan fingerprint density at radius 3 is 2.61 bits per heavy atom. The van der Waals surface area contributed by atoms with Gasteiger partial charge in [0.1, 0.15) is 0 Å². The van der Waals surface area contributed by atoms with Gasteiger partial charge in [-0.2, -0.15) is 0 Å². The van der Waals surface area contributed by atoms with Crippen LogP contribution >= 0.6 is 0 Å². The van der Waals surface area contributed by atoms with Gasteiger partial charge in [0, 0.05) is 12.4 Å². The summed E-state index contributed by atoms with van der Waals surface area (Å²) in [6.07, 6.45) is 6.37. The lowest BCUT2D eigenvalue weighted by Crippen LogP contribution is -2.41. The third-order valence-corrected chi connectivity index (χ3v) is 6.38. The summed E-state index contributed by atoms with van der Waals surface area (Å²) >= 11 is 0. The van der Waals surface area contributed by atoms with E-state index in [1.54, 1.807) is 6.33 Å². The maximum Gasteiger partial charge on any atom is 0.0931 e. The molecule has 1 atom stereocenters. The molecule has 0 bridgehead atoms. The van der Waals surface area contributed by atoms with Gasteiger partial charge >= 0.3 is 0 Å². The second-order valence-corrected chi connectivity index (χ2v) is 12.4. The van der Waals surface area contributed by atoms with Crippen molar-refractivity contribution in [2.24, 2.45) is 0 Å². The van der Waals surface area contributed by atoms with Crippen molar-refractivity contribution in [3.8, 4) is 0 Å². The smallest absolute Gasteiger partial charge is 0.0931 e. The zero-order valence-corrected chi connectivity index (χ0v) is 14.9. The first-order valence-corrected chi connectivity index (χ1v) is 11.5. The SMILES string of the molecule is C[Si](C)(C)C(Cc1ccncc1)OCc1ccc2[nH]cnc2c1. The predicted molar refractivity (Wildman–Crippen MR) is 96.0 cm³/mol. The molecule has 1 aromatic carbocycles. The highest BCUT2D eigenvalue weighted by molar-refractivity contribution is 6.77. The van der Waals surface area contributed by atoms with Crippen molar-refractivity contribution in [1.82, 2.24) is 15.0 Å². The molecule has 1 N–H and O–H groups in total. The molecule has 2 heterocycles. The lowest BCUT2D eigenvalue weighted by Gasteiger charge is -2.29. The third-order valence-electron chi connectivity index (χ3n) is 4.07. The zero-order chi connectivity index (χ0) is 16.3. The first-order valence-electron chi connectivity index (χ1n) is 7.95. The monoisotopic (exact) mass is 325 g/mol. The summed E-state index contributed by atoms with van der Waals surface area (Å²) in [5.74, 6) is 0. The lowest BCUT2D eigenvalue weighted by molar-refractivity contribution is 0.0865. The van der Waals surface area contributed by atoms with Crippen LogP contribution in [0.1, 0.15) is 11.1 Å². The third kappa shape index (κ3) is 4.06. The average molecular weight is 325 g/mol. The summed E-state index contributed by atoms with van der Waals surface area (Å²) in [7, 11) is -1.43. The van der Waals surface area contributed by atoms with E-state index in [0.717, 1.165) is 17.5 Å². The van der Waals surface area contributed by atoms with E-state index in [-0.39, 0.29) is 5.73 Å². The second-order valence-electron chi connectivity index (χ2n) is 6.98. The van der Waals surface area contributed by atoms with Crippen LogP contribution in [0, 0.1) is 0 Å². The quantitative estimate of drug-likeness (QED) is 0.698. The van der Waals surface area contributed by atoms with Gasteiger partial charge in [0.2, 0.25) is 0 Å². The summed E-state index contributed by atoms with van der Waals surface area (Å²) in [6, 6.07) is 10.4. The number of H-pyrrole nitrogens is 1. The molecule has 3 aromatic rings. The molecule has 2 aromatic heterocycles. The number of nitrogens with zero attached hydrogens (tertiary/aromatic N) is 2. The number of imidazole rings is 1. The molecule has 0 aliphatic rings. The van der Waals surface area contributed by atoms with E-state index in [1.807, 2.05) is 12.4 Å². The Morgan fingerprint density at radius 1 is 1.09 bits per heavy atom. The van der Waals surface area contributed by atoms with E-state index < -0.39 is 8.07 Å². The van der Waals surface area contributed by atoms with Crippen LogP contribution in [0.2, 0.25) is 19.6 Å². The van der Waals surface area contributed by atoms with Crippen LogP contribution in [-0.4, -0.2) is 28.8 Å². The maximum atomic E-state index is 6.33. The first-order chi connectivity index (χ1) is 11.0. The van der Waals surface area contributed by atoms with Gasteiger partial charge < -0.3 is 9.72 Å². The molecule has 120 valence electrons. The zero-order valence-electron chi connectivity index (χ0n) is 13.9. The van der Waals surface area contributed by atoms with Gasteiger partial charge in [0.15, 0.2) is 0 Å². The van der Waals surface area contributed by atoms with Gasteiger partial charge in [-0.3, -0.25) is 4.98 Å². The van der Waals surface area contributed by atoms with E-state index in [0.29, 0.717) is 6.61 Å². The van der Waals surface area contributed by atoms with Crippen molar-refractivity contribution < 1.29 is 4.74 Å². The van der Waals surface area contributed by atoms with E-state index in [1.165, 1.54) is 11.1 Å². The second kappa shape index (κ2) is 6.64. The Kier molecular flexibility index (Phi) is 4.59. The molecular weight excluding hydrogens is 302 g/mol. The van der Waals surface area contributed by atoms with Gasteiger partial charge in [-0.1, -0.05) is 25.7 Å². The Balaban J connectivity index is 1.70. The van der Waals surface area contributed by atoms with Crippen LogP contribution in [-0.2, 0) is 17.8 Å². The minimum Gasteiger partial charge on any atom is -0.377 e. The van der Waals surface area contributed by atoms with Crippen molar-refractivity contribution in [3.63, 3.8) is 0 Å². The van der Waals surface area contributed by atoms with Crippen LogP contribution < -0.4 is 0 Å². The largest absolute Gasteiger partial charge is 0.377 e. The molecule has 0 aliphatic carbocycles. The normalized spacial score (nSPS) is 13.3. The Labute approximate surface area is 138 Å². The number of pyridine rings is 1. The van der Waals surface area contributed by atoms with Crippen molar-refractivity contribution >= 4 is 19.1 Å². The van der Waals surface area contributed by atoms with E-state index in [9.17, 15) is 0 Å². The molecule has 23 heavy (non-hydrogen) atoms. The highest BCUT2D eigenvalue weighted by Gasteiger charge is 2.27. The molecule has 0 aliphatic heterocycles. The molecule has 1 unspecified atom stereocenters. The topological polar surface area (TPSA) is 50.8 Å². The maximum absolute atomic E-state index is 6.33. The molecule has 5 heteroatoms. The number of hydrogen-bond acceptors (Lipinski definition) is 3. The minimum atomic E-state index is -1.43. The Morgan fingerprint density at radius 2 is 1.87 bits per heavy atom. The van der Waals surface area contributed by atoms with Crippen LogP contribution in [0.5, 0.6) is 0 Å². The summed E-state index contributed by atoms with van der Waals surface area (Å²) in [5, 5.41) is 0. The molecule has 3 rings (SSSR count). The van der Waals surface area contributed by atoms with E-state index in [4.69, 9.17) is 4.74 Å². The number of nitrogens with one attached hydrogen (secondary N) is 1. The number of aromatic amines is 1. The Bertz CT molecular complexity index is 765. The summed E-state index contributed by atoms with van der Waals surface area (Å²) in [5.41, 5.74) is 4.79. The molecule has 4 nitrogen and oxygen atoms in total. The predicted octanol–water partition coefficient (Wildman–Crippen LogP) is 3.96. The average Bonchev–Trinajstić information content (AvgIpc) is 2.99. The first kappa shape index (κ1) is 15.9.